The molecule has 2 N–H and O–H groups in total. The van der Waals surface area contributed by atoms with E-state index in [-0.39, 0.29) is 16.5 Å². The Labute approximate surface area is 255 Å². The Balaban J connectivity index is 0.000000537. The molecular formula is C32H34FN5O4S. The summed E-state index contributed by atoms with van der Waals surface area (Å²) in [6, 6.07) is 17.7. The van der Waals surface area contributed by atoms with E-state index in [0.717, 1.165) is 43.7 Å². The van der Waals surface area contributed by atoms with Crippen LogP contribution in [0.2, 0.25) is 0 Å². The maximum absolute atomic E-state index is 14.9. The molecule has 0 unspecified atom stereocenters. The minimum atomic E-state index is -0.680. The first-order valence-electron chi connectivity index (χ1n) is 13.9. The molecule has 1 aromatic heterocycles. The highest BCUT2D eigenvalue weighted by atomic mass is 32.1. The molecule has 0 saturated carbocycles. The van der Waals surface area contributed by atoms with E-state index in [0.29, 0.717) is 34.8 Å². The van der Waals surface area contributed by atoms with E-state index in [1.54, 1.807) is 31.5 Å². The Morgan fingerprint density at radius 1 is 1.00 bits per heavy atom. The lowest BCUT2D eigenvalue weighted by molar-refractivity contribution is -0.115. The number of nitrogens with zero attached hydrogens (tertiary/aromatic N) is 4. The molecule has 11 heteroatoms. The zero-order valence-electron chi connectivity index (χ0n) is 24.4. The van der Waals surface area contributed by atoms with Crippen molar-refractivity contribution in [2.24, 2.45) is 5.73 Å². The monoisotopic (exact) mass is 603 g/mol. The van der Waals surface area contributed by atoms with Gasteiger partial charge < -0.3 is 24.8 Å². The first kappa shape index (κ1) is 30.1. The fourth-order valence-corrected chi connectivity index (χ4v) is 5.05. The number of hydrogen-bond donors (Lipinski definition) is 1. The molecule has 0 bridgehead atoms. The van der Waals surface area contributed by atoms with Crippen molar-refractivity contribution in [1.82, 2.24) is 14.8 Å². The molecular weight excluding hydrogens is 569 g/mol. The molecule has 0 atom stereocenters. The van der Waals surface area contributed by atoms with Crippen molar-refractivity contribution >= 4 is 39.8 Å². The average Bonchev–Trinajstić information content (AvgIpc) is 3.58. The number of halogens is 1. The number of fused-ring (bicyclic) bond motifs is 2. The number of methoxy groups -OCH3 is 1. The second kappa shape index (κ2) is 13.3. The van der Waals surface area contributed by atoms with Crippen LogP contribution in [0.25, 0.3) is 22.0 Å². The number of hydrogen-bond acceptors (Lipinski definition) is 8. The van der Waals surface area contributed by atoms with Crippen LogP contribution in [0.5, 0.6) is 23.0 Å². The standard InChI is InChI=1S/C26H30FN5O4S.C6H4/c1-17(33)32(26(28)37)18-4-5-23(20(27)14-18)36-22-6-7-29-21-16-25(24(34-3)15-19(21)22)35-13-12-31-10-8-30(2)9-11-31;1-2-5-4-6(5)3-1/h4-7,14-16H,8-13H2,1-3H3,(H2,28,37);1-4H. The number of anilines is 1. The molecule has 1 saturated heterocycles. The highest BCUT2D eigenvalue weighted by molar-refractivity contribution is 7.80. The summed E-state index contributed by atoms with van der Waals surface area (Å²) in [5.41, 5.74) is 9.28. The maximum atomic E-state index is 14.9. The summed E-state index contributed by atoms with van der Waals surface area (Å²) in [6.45, 7) is 6.75. The molecule has 2 aliphatic carbocycles. The topological polar surface area (TPSA) is 93.4 Å². The van der Waals surface area contributed by atoms with Gasteiger partial charge in [0.1, 0.15) is 12.4 Å². The fraction of sp³-hybridized carbons (Fsp3) is 0.281. The molecule has 3 aromatic rings. The Kier molecular flexibility index (Phi) is 9.34. The normalized spacial score (nSPS) is 14.0. The Bertz CT molecular complexity index is 1610. The molecule has 2 aromatic carbocycles. The van der Waals surface area contributed by atoms with Crippen LogP contribution in [0.3, 0.4) is 0 Å². The van der Waals surface area contributed by atoms with Crippen molar-refractivity contribution in [3.8, 4) is 34.1 Å². The SMILES string of the molecule is COc1cc2c(Oc3ccc(N(C(C)=O)C(N)=S)cc3F)ccnc2cc1OCCN1CCN(C)CC1.c1cc2cc-2c1. The average molecular weight is 604 g/mol. The summed E-state index contributed by atoms with van der Waals surface area (Å²) in [4.78, 5) is 22.0. The van der Waals surface area contributed by atoms with Crippen molar-refractivity contribution < 1.29 is 23.4 Å². The number of likely N-dealkylation sites (N-methyl/N-ethyl adjacent to an activating group) is 1. The minimum Gasteiger partial charge on any atom is -0.493 e. The van der Waals surface area contributed by atoms with Gasteiger partial charge in [-0.2, -0.15) is 0 Å². The Hall–Kier alpha value is -4.32. The van der Waals surface area contributed by atoms with Crippen molar-refractivity contribution in [2.75, 3.05) is 58.4 Å². The third-order valence-electron chi connectivity index (χ3n) is 7.29. The second-order valence-electron chi connectivity index (χ2n) is 10.3. The molecule has 9 nitrogen and oxygen atoms in total. The number of aromatic nitrogens is 1. The second-order valence-corrected chi connectivity index (χ2v) is 10.7. The molecule has 0 spiro atoms. The summed E-state index contributed by atoms with van der Waals surface area (Å²) in [6.07, 6.45) is 1.58. The number of benzene rings is 3. The van der Waals surface area contributed by atoms with Crippen molar-refractivity contribution in [3.05, 3.63) is 72.7 Å². The Morgan fingerprint density at radius 2 is 1.74 bits per heavy atom. The van der Waals surface area contributed by atoms with E-state index in [2.05, 4.69) is 46.1 Å². The van der Waals surface area contributed by atoms with E-state index < -0.39 is 11.7 Å². The zero-order valence-corrected chi connectivity index (χ0v) is 25.2. The predicted molar refractivity (Wildman–Crippen MR) is 170 cm³/mol. The van der Waals surface area contributed by atoms with Gasteiger partial charge in [-0.05, 0) is 60.7 Å². The van der Waals surface area contributed by atoms with E-state index in [4.69, 9.17) is 32.2 Å². The molecule has 6 rings (SSSR count). The molecule has 3 aliphatic rings. The van der Waals surface area contributed by atoms with Gasteiger partial charge in [-0.25, -0.2) is 4.39 Å². The smallest absolute Gasteiger partial charge is 0.230 e. The lowest BCUT2D eigenvalue weighted by Gasteiger charge is -2.32. The number of nitrogens with two attached hydrogens (primary N) is 1. The first-order chi connectivity index (χ1) is 20.7. The van der Waals surface area contributed by atoms with Crippen LogP contribution in [0.4, 0.5) is 10.1 Å². The molecule has 43 heavy (non-hydrogen) atoms. The summed E-state index contributed by atoms with van der Waals surface area (Å²) < 4.78 is 32.4. The summed E-state index contributed by atoms with van der Waals surface area (Å²) >= 11 is 4.90. The number of rotatable bonds is 8. The third-order valence-corrected chi connectivity index (χ3v) is 7.47. The van der Waals surface area contributed by atoms with Gasteiger partial charge in [-0.3, -0.25) is 19.6 Å². The highest BCUT2D eigenvalue weighted by Crippen LogP contribution is 2.38. The number of pyridine rings is 1. The van der Waals surface area contributed by atoms with Gasteiger partial charge in [0, 0.05) is 63.4 Å². The van der Waals surface area contributed by atoms with Gasteiger partial charge in [-0.15, -0.1) is 0 Å². The maximum Gasteiger partial charge on any atom is 0.230 e. The van der Waals surface area contributed by atoms with Gasteiger partial charge in [-0.1, -0.05) is 18.2 Å². The van der Waals surface area contributed by atoms with Crippen LogP contribution in [0.15, 0.2) is 66.9 Å². The van der Waals surface area contributed by atoms with Crippen LogP contribution < -0.4 is 24.8 Å². The lowest BCUT2D eigenvalue weighted by Crippen LogP contribution is -2.45. The molecule has 1 aliphatic heterocycles. The number of piperazine rings is 1. The summed E-state index contributed by atoms with van der Waals surface area (Å²) in [7, 11) is 3.69. The largest absolute Gasteiger partial charge is 0.493 e. The van der Waals surface area contributed by atoms with Gasteiger partial charge in [0.15, 0.2) is 28.2 Å². The van der Waals surface area contributed by atoms with Crippen molar-refractivity contribution in [3.63, 3.8) is 0 Å². The van der Waals surface area contributed by atoms with Gasteiger partial charge in [0.05, 0.1) is 18.3 Å². The number of carbonyl (C=O) groups excluding carboxylic acids is 1. The number of amides is 1. The summed E-state index contributed by atoms with van der Waals surface area (Å²) in [5, 5.41) is 0.456. The van der Waals surface area contributed by atoms with Crippen molar-refractivity contribution in [2.45, 2.75) is 6.92 Å². The predicted octanol–water partition coefficient (Wildman–Crippen LogP) is 5.06. The van der Waals surface area contributed by atoms with E-state index in [1.165, 1.54) is 30.2 Å². The van der Waals surface area contributed by atoms with Gasteiger partial charge in [0.25, 0.3) is 0 Å². The van der Waals surface area contributed by atoms with E-state index in [9.17, 15) is 9.18 Å². The quantitative estimate of drug-likeness (QED) is 0.244. The number of thiocarbonyl (C=S) groups is 1. The fourth-order valence-electron chi connectivity index (χ4n) is 4.82. The van der Waals surface area contributed by atoms with Gasteiger partial charge in [0.2, 0.25) is 5.91 Å². The summed E-state index contributed by atoms with van der Waals surface area (Å²) in [5.74, 6) is 0.348. The van der Waals surface area contributed by atoms with Gasteiger partial charge >= 0.3 is 0 Å². The van der Waals surface area contributed by atoms with Crippen LogP contribution in [0, 0.1) is 5.82 Å². The highest BCUT2D eigenvalue weighted by Gasteiger charge is 2.19. The molecule has 1 fully saturated rings. The lowest BCUT2D eigenvalue weighted by atomic mass is 10.1. The molecule has 2 heterocycles. The first-order valence-corrected chi connectivity index (χ1v) is 14.3. The van der Waals surface area contributed by atoms with Crippen LogP contribution in [0.1, 0.15) is 6.92 Å². The van der Waals surface area contributed by atoms with E-state index >= 15 is 0 Å². The van der Waals surface area contributed by atoms with Crippen LogP contribution in [-0.4, -0.2) is 79.3 Å². The Morgan fingerprint density at radius 3 is 2.33 bits per heavy atom. The number of carbonyl (C=O) groups is 1. The third kappa shape index (κ3) is 7.37. The number of ether oxygens (including phenoxy) is 3. The molecule has 1 amide bonds. The van der Waals surface area contributed by atoms with Crippen LogP contribution in [-0.2, 0) is 4.79 Å². The molecule has 0 radical (unpaired) electrons. The van der Waals surface area contributed by atoms with Crippen LogP contribution >= 0.6 is 12.2 Å². The minimum absolute atomic E-state index is 0.0332. The van der Waals surface area contributed by atoms with Crippen molar-refractivity contribution in [1.29, 1.82) is 0 Å². The molecule has 224 valence electrons. The van der Waals surface area contributed by atoms with E-state index in [1.807, 2.05) is 0 Å². The zero-order chi connectivity index (χ0) is 30.5.